The fourth-order valence-corrected chi connectivity index (χ4v) is 1.23. The SMILES string of the molecule is Cc1cc(C)c(NC(N)=O)cc1C. The maximum Gasteiger partial charge on any atom is 0.316 e. The molecule has 3 N–H and O–H groups in total. The van der Waals surface area contributed by atoms with Crippen LogP contribution in [0.4, 0.5) is 10.5 Å². The number of carbonyl (C=O) groups excluding carboxylic acids is 1. The van der Waals surface area contributed by atoms with Gasteiger partial charge in [-0.05, 0) is 43.5 Å². The highest BCUT2D eigenvalue weighted by molar-refractivity contribution is 5.88. The summed E-state index contributed by atoms with van der Waals surface area (Å²) in [5, 5.41) is 2.58. The highest BCUT2D eigenvalue weighted by Gasteiger charge is 2.02. The first-order valence-corrected chi connectivity index (χ1v) is 4.15. The van der Waals surface area contributed by atoms with Crippen molar-refractivity contribution in [2.75, 3.05) is 5.32 Å². The van der Waals surface area contributed by atoms with Crippen molar-refractivity contribution in [3.63, 3.8) is 0 Å². The van der Waals surface area contributed by atoms with Crippen molar-refractivity contribution in [1.82, 2.24) is 0 Å². The lowest BCUT2D eigenvalue weighted by molar-refractivity contribution is 0.259. The van der Waals surface area contributed by atoms with Crippen LogP contribution < -0.4 is 11.1 Å². The lowest BCUT2D eigenvalue weighted by atomic mass is 10.1. The molecule has 0 fully saturated rings. The van der Waals surface area contributed by atoms with Crippen molar-refractivity contribution in [3.8, 4) is 0 Å². The molecule has 0 unspecified atom stereocenters. The van der Waals surface area contributed by atoms with E-state index in [2.05, 4.69) is 5.32 Å². The van der Waals surface area contributed by atoms with E-state index in [4.69, 9.17) is 5.73 Å². The summed E-state index contributed by atoms with van der Waals surface area (Å²) < 4.78 is 0. The maximum atomic E-state index is 10.6. The summed E-state index contributed by atoms with van der Waals surface area (Å²) >= 11 is 0. The minimum atomic E-state index is -0.522. The lowest BCUT2D eigenvalue weighted by Gasteiger charge is -2.09. The summed E-state index contributed by atoms with van der Waals surface area (Å²) in [6.45, 7) is 5.98. The number of urea groups is 1. The van der Waals surface area contributed by atoms with Gasteiger partial charge in [0.05, 0.1) is 0 Å². The number of carbonyl (C=O) groups is 1. The van der Waals surface area contributed by atoms with Gasteiger partial charge in [0.15, 0.2) is 0 Å². The second-order valence-corrected chi connectivity index (χ2v) is 3.24. The van der Waals surface area contributed by atoms with E-state index in [1.165, 1.54) is 5.56 Å². The van der Waals surface area contributed by atoms with Crippen molar-refractivity contribution in [3.05, 3.63) is 28.8 Å². The minimum absolute atomic E-state index is 0.522. The molecule has 0 radical (unpaired) electrons. The summed E-state index contributed by atoms with van der Waals surface area (Å²) in [7, 11) is 0. The van der Waals surface area contributed by atoms with E-state index in [1.54, 1.807) is 0 Å². The maximum absolute atomic E-state index is 10.6. The molecule has 13 heavy (non-hydrogen) atoms. The summed E-state index contributed by atoms with van der Waals surface area (Å²) in [5.41, 5.74) is 9.21. The fraction of sp³-hybridized carbons (Fsp3) is 0.300. The van der Waals surface area contributed by atoms with E-state index in [0.29, 0.717) is 0 Å². The molecule has 1 aromatic rings. The number of amides is 2. The van der Waals surface area contributed by atoms with Gasteiger partial charge in [0.25, 0.3) is 0 Å². The molecule has 0 aliphatic carbocycles. The zero-order valence-corrected chi connectivity index (χ0v) is 8.14. The van der Waals surface area contributed by atoms with E-state index in [1.807, 2.05) is 32.9 Å². The van der Waals surface area contributed by atoms with Gasteiger partial charge in [-0.1, -0.05) is 6.07 Å². The number of hydrogen-bond acceptors (Lipinski definition) is 1. The first-order chi connectivity index (χ1) is 6.00. The Morgan fingerprint density at radius 3 is 2.23 bits per heavy atom. The van der Waals surface area contributed by atoms with Gasteiger partial charge in [-0.2, -0.15) is 0 Å². The zero-order valence-electron chi connectivity index (χ0n) is 8.14. The monoisotopic (exact) mass is 178 g/mol. The number of primary amides is 1. The molecular weight excluding hydrogens is 164 g/mol. The van der Waals surface area contributed by atoms with Crippen LogP contribution in [0.3, 0.4) is 0 Å². The predicted molar refractivity (Wildman–Crippen MR) is 53.9 cm³/mol. The Labute approximate surface area is 77.9 Å². The molecule has 3 nitrogen and oxygen atoms in total. The van der Waals surface area contributed by atoms with Gasteiger partial charge < -0.3 is 11.1 Å². The van der Waals surface area contributed by atoms with Crippen LogP contribution in [0.1, 0.15) is 16.7 Å². The van der Waals surface area contributed by atoms with E-state index in [0.717, 1.165) is 16.8 Å². The summed E-state index contributed by atoms with van der Waals surface area (Å²) in [4.78, 5) is 10.6. The van der Waals surface area contributed by atoms with Gasteiger partial charge in [0.1, 0.15) is 0 Å². The standard InChI is InChI=1S/C10H14N2O/c1-6-4-8(3)9(5-7(6)2)12-10(11)13/h4-5H,1-3H3,(H3,11,12,13). The molecule has 0 aromatic heterocycles. The Morgan fingerprint density at radius 1 is 1.15 bits per heavy atom. The Hall–Kier alpha value is -1.51. The van der Waals surface area contributed by atoms with Crippen LogP contribution in [0.5, 0.6) is 0 Å². The molecule has 0 atom stereocenters. The molecule has 0 heterocycles. The lowest BCUT2D eigenvalue weighted by Crippen LogP contribution is -2.20. The molecule has 0 saturated heterocycles. The smallest absolute Gasteiger partial charge is 0.316 e. The van der Waals surface area contributed by atoms with Crippen molar-refractivity contribution in [2.24, 2.45) is 5.73 Å². The number of rotatable bonds is 1. The molecule has 3 heteroatoms. The summed E-state index contributed by atoms with van der Waals surface area (Å²) in [6.07, 6.45) is 0. The van der Waals surface area contributed by atoms with Crippen molar-refractivity contribution in [1.29, 1.82) is 0 Å². The number of nitrogens with two attached hydrogens (primary N) is 1. The second-order valence-electron chi connectivity index (χ2n) is 3.24. The first-order valence-electron chi connectivity index (χ1n) is 4.15. The molecule has 70 valence electrons. The number of nitrogens with one attached hydrogen (secondary N) is 1. The third kappa shape index (κ3) is 2.21. The Bertz CT molecular complexity index is 345. The molecule has 1 rings (SSSR count). The molecule has 2 amide bonds. The molecule has 0 spiro atoms. The third-order valence-electron chi connectivity index (χ3n) is 2.10. The highest BCUT2D eigenvalue weighted by atomic mass is 16.2. The fourth-order valence-electron chi connectivity index (χ4n) is 1.23. The molecule has 0 saturated carbocycles. The quantitative estimate of drug-likeness (QED) is 0.679. The molecule has 1 aromatic carbocycles. The number of anilines is 1. The largest absolute Gasteiger partial charge is 0.351 e. The summed E-state index contributed by atoms with van der Waals surface area (Å²) in [5.74, 6) is 0. The normalized spacial score (nSPS) is 9.77. The molecular formula is C10H14N2O. The minimum Gasteiger partial charge on any atom is -0.351 e. The van der Waals surface area contributed by atoms with Crippen LogP contribution >= 0.6 is 0 Å². The van der Waals surface area contributed by atoms with Crippen LogP contribution in [0, 0.1) is 20.8 Å². The summed E-state index contributed by atoms with van der Waals surface area (Å²) in [6, 6.07) is 3.43. The second kappa shape index (κ2) is 3.47. The molecule has 0 bridgehead atoms. The highest BCUT2D eigenvalue weighted by Crippen LogP contribution is 2.19. The average Bonchev–Trinajstić information content (AvgIpc) is 1.99. The van der Waals surface area contributed by atoms with Gasteiger partial charge in [0.2, 0.25) is 0 Å². The first kappa shape index (κ1) is 9.58. The van der Waals surface area contributed by atoms with Crippen LogP contribution in [-0.4, -0.2) is 6.03 Å². The van der Waals surface area contributed by atoms with Crippen molar-refractivity contribution in [2.45, 2.75) is 20.8 Å². The van der Waals surface area contributed by atoms with E-state index in [9.17, 15) is 4.79 Å². The average molecular weight is 178 g/mol. The van der Waals surface area contributed by atoms with E-state index in [-0.39, 0.29) is 0 Å². The van der Waals surface area contributed by atoms with Crippen LogP contribution in [-0.2, 0) is 0 Å². The Kier molecular flexibility index (Phi) is 2.56. The van der Waals surface area contributed by atoms with Crippen LogP contribution in [0.15, 0.2) is 12.1 Å². The predicted octanol–water partition coefficient (Wildman–Crippen LogP) is 2.10. The molecule has 0 aliphatic heterocycles. The van der Waals surface area contributed by atoms with Gasteiger partial charge >= 0.3 is 6.03 Å². The van der Waals surface area contributed by atoms with Crippen molar-refractivity contribution >= 4 is 11.7 Å². The van der Waals surface area contributed by atoms with Gasteiger partial charge in [0, 0.05) is 5.69 Å². The van der Waals surface area contributed by atoms with Gasteiger partial charge in [-0.25, -0.2) is 4.79 Å². The molecule has 0 aliphatic rings. The number of benzene rings is 1. The number of hydrogen-bond donors (Lipinski definition) is 2. The van der Waals surface area contributed by atoms with Crippen molar-refractivity contribution < 1.29 is 4.79 Å². The Morgan fingerprint density at radius 2 is 1.69 bits per heavy atom. The topological polar surface area (TPSA) is 55.1 Å². The van der Waals surface area contributed by atoms with Crippen LogP contribution in [0.2, 0.25) is 0 Å². The zero-order chi connectivity index (χ0) is 10.0. The Balaban J connectivity index is 3.08. The third-order valence-corrected chi connectivity index (χ3v) is 2.10. The van der Waals surface area contributed by atoms with Crippen LogP contribution in [0.25, 0.3) is 0 Å². The number of aryl methyl sites for hydroxylation is 3. The van der Waals surface area contributed by atoms with Gasteiger partial charge in [-0.15, -0.1) is 0 Å². The van der Waals surface area contributed by atoms with E-state index >= 15 is 0 Å². The van der Waals surface area contributed by atoms with E-state index < -0.39 is 6.03 Å². The van der Waals surface area contributed by atoms with Gasteiger partial charge in [-0.3, -0.25) is 0 Å².